The summed E-state index contributed by atoms with van der Waals surface area (Å²) in [5.41, 5.74) is 2.11. The SMILES string of the molecule is CN(C(=O)c1cc2c([nH]c1=O)CCC2)[C@H]1CCCN(c2ccccn2)C1. The summed E-state index contributed by atoms with van der Waals surface area (Å²) in [6.07, 6.45) is 6.61. The predicted molar refractivity (Wildman–Crippen MR) is 101 cm³/mol. The molecular weight excluding hydrogens is 328 g/mol. The number of nitrogens with zero attached hydrogens (tertiary/aromatic N) is 3. The molecule has 1 aliphatic carbocycles. The topological polar surface area (TPSA) is 69.3 Å². The molecule has 136 valence electrons. The molecule has 6 nitrogen and oxygen atoms in total. The average molecular weight is 352 g/mol. The monoisotopic (exact) mass is 352 g/mol. The standard InChI is InChI=1S/C20H24N4O2/c1-23(15-7-5-11-24(13-15)18-9-2-3-10-21-18)20(26)16-12-14-6-4-8-17(14)22-19(16)25/h2-3,9-10,12,15H,4-8,11,13H2,1H3,(H,22,25)/t15-/m0/s1. The van der Waals surface area contributed by atoms with Crippen molar-refractivity contribution in [2.45, 2.75) is 38.1 Å². The number of pyridine rings is 2. The van der Waals surface area contributed by atoms with Gasteiger partial charge in [-0.15, -0.1) is 0 Å². The summed E-state index contributed by atoms with van der Waals surface area (Å²) in [7, 11) is 1.81. The largest absolute Gasteiger partial charge is 0.355 e. The van der Waals surface area contributed by atoms with Gasteiger partial charge in [0.15, 0.2) is 0 Å². The molecule has 0 aromatic carbocycles. The Labute approximate surface area is 152 Å². The van der Waals surface area contributed by atoms with Gasteiger partial charge >= 0.3 is 0 Å². The molecule has 1 N–H and O–H groups in total. The Morgan fingerprint density at radius 2 is 2.19 bits per heavy atom. The van der Waals surface area contributed by atoms with Crippen LogP contribution in [0, 0.1) is 0 Å². The Hall–Kier alpha value is -2.63. The first kappa shape index (κ1) is 16.8. The molecule has 3 heterocycles. The molecule has 1 aliphatic heterocycles. The van der Waals surface area contributed by atoms with Crippen molar-refractivity contribution in [3.8, 4) is 0 Å². The molecule has 0 saturated carbocycles. The molecule has 1 amide bonds. The van der Waals surface area contributed by atoms with E-state index in [9.17, 15) is 9.59 Å². The van der Waals surface area contributed by atoms with E-state index >= 15 is 0 Å². The molecular formula is C20H24N4O2. The van der Waals surface area contributed by atoms with Crippen LogP contribution in [0.1, 0.15) is 40.9 Å². The smallest absolute Gasteiger partial charge is 0.261 e. The van der Waals surface area contributed by atoms with Crippen LogP contribution < -0.4 is 10.5 Å². The maximum Gasteiger partial charge on any atom is 0.261 e. The van der Waals surface area contributed by atoms with Crippen molar-refractivity contribution in [3.05, 3.63) is 57.6 Å². The maximum absolute atomic E-state index is 13.0. The minimum absolute atomic E-state index is 0.0749. The van der Waals surface area contributed by atoms with E-state index in [1.54, 1.807) is 17.2 Å². The van der Waals surface area contributed by atoms with Crippen molar-refractivity contribution < 1.29 is 4.79 Å². The number of anilines is 1. The predicted octanol–water partition coefficient (Wildman–Crippen LogP) is 2.00. The van der Waals surface area contributed by atoms with Crippen LogP contribution in [0.15, 0.2) is 35.3 Å². The van der Waals surface area contributed by atoms with Gasteiger partial charge in [0.05, 0.1) is 0 Å². The number of carbonyl (C=O) groups is 1. The van der Waals surface area contributed by atoms with Gasteiger partial charge in [-0.25, -0.2) is 4.98 Å². The molecule has 6 heteroatoms. The van der Waals surface area contributed by atoms with Crippen LogP contribution in [0.2, 0.25) is 0 Å². The van der Waals surface area contributed by atoms with Crippen molar-refractivity contribution in [3.63, 3.8) is 0 Å². The zero-order valence-electron chi connectivity index (χ0n) is 15.1. The summed E-state index contributed by atoms with van der Waals surface area (Å²) < 4.78 is 0. The summed E-state index contributed by atoms with van der Waals surface area (Å²) >= 11 is 0. The van der Waals surface area contributed by atoms with Crippen molar-refractivity contribution in [1.29, 1.82) is 0 Å². The zero-order chi connectivity index (χ0) is 18.1. The number of aromatic nitrogens is 2. The van der Waals surface area contributed by atoms with Crippen LogP contribution in [-0.4, -0.2) is 47.0 Å². The molecule has 1 saturated heterocycles. The third-order valence-electron chi connectivity index (χ3n) is 5.56. The first-order valence-corrected chi connectivity index (χ1v) is 9.31. The fourth-order valence-electron chi connectivity index (χ4n) is 4.05. The number of hydrogen-bond donors (Lipinski definition) is 1. The molecule has 1 fully saturated rings. The van der Waals surface area contributed by atoms with E-state index in [1.165, 1.54) is 0 Å². The minimum atomic E-state index is -0.264. The second kappa shape index (κ2) is 6.94. The van der Waals surface area contributed by atoms with Crippen LogP contribution in [0.25, 0.3) is 0 Å². The number of nitrogens with one attached hydrogen (secondary N) is 1. The van der Waals surface area contributed by atoms with Crippen molar-refractivity contribution in [2.24, 2.45) is 0 Å². The van der Waals surface area contributed by atoms with E-state index < -0.39 is 0 Å². The second-order valence-corrected chi connectivity index (χ2v) is 7.22. The van der Waals surface area contributed by atoms with Gasteiger partial charge in [-0.2, -0.15) is 0 Å². The molecule has 1 atom stereocenters. The quantitative estimate of drug-likeness (QED) is 0.917. The Kier molecular flexibility index (Phi) is 4.49. The molecule has 26 heavy (non-hydrogen) atoms. The van der Waals surface area contributed by atoms with Gasteiger partial charge in [-0.3, -0.25) is 9.59 Å². The van der Waals surface area contributed by atoms with Gasteiger partial charge in [0.2, 0.25) is 0 Å². The lowest BCUT2D eigenvalue weighted by molar-refractivity contribution is 0.0715. The molecule has 4 rings (SSSR count). The Balaban J connectivity index is 1.53. The number of likely N-dealkylation sites (N-methyl/N-ethyl adjacent to an activating group) is 1. The van der Waals surface area contributed by atoms with E-state index in [4.69, 9.17) is 0 Å². The van der Waals surface area contributed by atoms with E-state index in [1.807, 2.05) is 25.2 Å². The highest BCUT2D eigenvalue weighted by Gasteiger charge is 2.29. The second-order valence-electron chi connectivity index (χ2n) is 7.22. The first-order valence-electron chi connectivity index (χ1n) is 9.31. The summed E-state index contributed by atoms with van der Waals surface area (Å²) in [6.45, 7) is 1.68. The summed E-state index contributed by atoms with van der Waals surface area (Å²) in [5.74, 6) is 0.752. The maximum atomic E-state index is 13.0. The lowest BCUT2D eigenvalue weighted by atomic mass is 10.0. The fourth-order valence-corrected chi connectivity index (χ4v) is 4.05. The average Bonchev–Trinajstić information content (AvgIpc) is 3.14. The third kappa shape index (κ3) is 3.11. The van der Waals surface area contributed by atoms with E-state index in [0.717, 1.165) is 62.3 Å². The number of rotatable bonds is 3. The Bertz CT molecular complexity index is 862. The number of aryl methyl sites for hydroxylation is 2. The summed E-state index contributed by atoms with van der Waals surface area (Å²) in [5, 5.41) is 0. The third-order valence-corrected chi connectivity index (χ3v) is 5.56. The number of aromatic amines is 1. The van der Waals surface area contributed by atoms with Crippen LogP contribution in [0.5, 0.6) is 0 Å². The van der Waals surface area contributed by atoms with Crippen LogP contribution >= 0.6 is 0 Å². The molecule has 2 aromatic rings. The van der Waals surface area contributed by atoms with Crippen molar-refractivity contribution >= 4 is 11.7 Å². The van der Waals surface area contributed by atoms with Gasteiger partial charge < -0.3 is 14.8 Å². The molecule has 0 radical (unpaired) electrons. The Morgan fingerprint density at radius 3 is 3.00 bits per heavy atom. The highest BCUT2D eigenvalue weighted by atomic mass is 16.2. The molecule has 2 aliphatic rings. The highest BCUT2D eigenvalue weighted by molar-refractivity contribution is 5.94. The summed E-state index contributed by atoms with van der Waals surface area (Å²) in [6, 6.07) is 7.76. The number of hydrogen-bond acceptors (Lipinski definition) is 4. The summed E-state index contributed by atoms with van der Waals surface area (Å²) in [4.78, 5) is 36.6. The van der Waals surface area contributed by atoms with Gasteiger partial charge in [0, 0.05) is 38.1 Å². The van der Waals surface area contributed by atoms with E-state index in [2.05, 4.69) is 14.9 Å². The first-order chi connectivity index (χ1) is 12.6. The number of carbonyl (C=O) groups excluding carboxylic acids is 1. The number of amides is 1. The number of H-pyrrole nitrogens is 1. The number of piperidine rings is 1. The van der Waals surface area contributed by atoms with Crippen molar-refractivity contribution in [1.82, 2.24) is 14.9 Å². The van der Waals surface area contributed by atoms with E-state index in [0.29, 0.717) is 0 Å². The van der Waals surface area contributed by atoms with Crippen LogP contribution in [0.4, 0.5) is 5.82 Å². The van der Waals surface area contributed by atoms with Crippen LogP contribution in [0.3, 0.4) is 0 Å². The molecule has 0 spiro atoms. The zero-order valence-corrected chi connectivity index (χ0v) is 15.1. The number of fused-ring (bicyclic) bond motifs is 1. The van der Waals surface area contributed by atoms with Gasteiger partial charge in [0.1, 0.15) is 11.4 Å². The van der Waals surface area contributed by atoms with Gasteiger partial charge in [-0.05, 0) is 55.9 Å². The molecule has 2 aromatic heterocycles. The van der Waals surface area contributed by atoms with Gasteiger partial charge in [-0.1, -0.05) is 6.07 Å². The lowest BCUT2D eigenvalue weighted by Crippen LogP contribution is -2.49. The molecule has 0 unspecified atom stereocenters. The van der Waals surface area contributed by atoms with Gasteiger partial charge in [0.25, 0.3) is 11.5 Å². The minimum Gasteiger partial charge on any atom is -0.355 e. The fraction of sp³-hybridized carbons (Fsp3) is 0.450. The highest BCUT2D eigenvalue weighted by Crippen LogP contribution is 2.22. The van der Waals surface area contributed by atoms with Crippen molar-refractivity contribution in [2.75, 3.05) is 25.0 Å². The molecule has 0 bridgehead atoms. The normalized spacial score (nSPS) is 19.3. The van der Waals surface area contributed by atoms with Crippen LogP contribution in [-0.2, 0) is 12.8 Å². The van der Waals surface area contributed by atoms with E-state index in [-0.39, 0.29) is 23.1 Å². The lowest BCUT2D eigenvalue weighted by Gasteiger charge is -2.38. The Morgan fingerprint density at radius 1 is 1.31 bits per heavy atom.